The minimum absolute atomic E-state index is 0.0859. The summed E-state index contributed by atoms with van der Waals surface area (Å²) in [6, 6.07) is 24.4. The van der Waals surface area contributed by atoms with E-state index in [0.717, 1.165) is 6.42 Å². The summed E-state index contributed by atoms with van der Waals surface area (Å²) in [7, 11) is 0. The minimum Gasteiger partial charge on any atom is -0.0626 e. The zero-order chi connectivity index (χ0) is 19.9. The average molecular weight is 367 g/mol. The molecule has 1 aliphatic carbocycles. The Bertz CT molecular complexity index is 1030. The molecule has 0 heterocycles. The van der Waals surface area contributed by atoms with E-state index < -0.39 is 0 Å². The minimum atomic E-state index is 0.0859. The average Bonchev–Trinajstić information content (AvgIpc) is 3.12. The Labute approximate surface area is 169 Å². The Hall–Kier alpha value is -2.60. The highest BCUT2D eigenvalue weighted by Gasteiger charge is 2.27. The highest BCUT2D eigenvalue weighted by molar-refractivity contribution is 5.91. The number of fused-ring (bicyclic) bond motifs is 1. The molecule has 0 atom stereocenters. The normalized spacial score (nSPS) is 13.6. The monoisotopic (exact) mass is 366 g/mol. The van der Waals surface area contributed by atoms with Crippen LogP contribution in [-0.2, 0) is 11.8 Å². The van der Waals surface area contributed by atoms with Gasteiger partial charge in [0.1, 0.15) is 0 Å². The zero-order valence-corrected chi connectivity index (χ0v) is 17.7. The van der Waals surface area contributed by atoms with Crippen molar-refractivity contribution in [3.63, 3.8) is 0 Å². The molecule has 0 bridgehead atoms. The third-order valence-corrected chi connectivity index (χ3v) is 5.89. The lowest BCUT2D eigenvalue weighted by atomic mass is 9.78. The van der Waals surface area contributed by atoms with Crippen molar-refractivity contribution in [2.45, 2.75) is 46.5 Å². The third-order valence-electron chi connectivity index (χ3n) is 5.89. The molecular formula is C28H30. The van der Waals surface area contributed by atoms with Gasteiger partial charge >= 0.3 is 0 Å². The maximum absolute atomic E-state index is 2.46. The van der Waals surface area contributed by atoms with Crippen LogP contribution in [0.4, 0.5) is 0 Å². The van der Waals surface area contributed by atoms with Gasteiger partial charge in [0.2, 0.25) is 0 Å². The van der Waals surface area contributed by atoms with Gasteiger partial charge in [-0.3, -0.25) is 0 Å². The molecule has 142 valence electrons. The lowest BCUT2D eigenvalue weighted by Crippen LogP contribution is -2.14. The molecule has 0 aliphatic heterocycles. The molecule has 3 aromatic carbocycles. The van der Waals surface area contributed by atoms with Gasteiger partial charge in [0.15, 0.2) is 0 Å². The molecule has 0 saturated heterocycles. The molecule has 4 rings (SSSR count). The first-order valence-electron chi connectivity index (χ1n) is 10.4. The maximum Gasteiger partial charge on any atom is -0.00550 e. The Morgan fingerprint density at radius 3 is 2.04 bits per heavy atom. The molecule has 0 aromatic heterocycles. The second-order valence-corrected chi connectivity index (χ2v) is 9.27. The molecule has 0 saturated carbocycles. The molecule has 0 spiro atoms. The van der Waals surface area contributed by atoms with Crippen molar-refractivity contribution in [3.8, 4) is 22.3 Å². The summed E-state index contributed by atoms with van der Waals surface area (Å²) in [6.07, 6.45) is 3.55. The number of rotatable bonds is 3. The van der Waals surface area contributed by atoms with E-state index >= 15 is 0 Å². The fraction of sp³-hybridized carbons (Fsp3) is 0.286. The van der Waals surface area contributed by atoms with Crippen molar-refractivity contribution in [2.24, 2.45) is 5.92 Å². The number of hydrogen-bond donors (Lipinski definition) is 0. The van der Waals surface area contributed by atoms with E-state index in [0.29, 0.717) is 5.92 Å². The highest BCUT2D eigenvalue weighted by atomic mass is 14.3. The Morgan fingerprint density at radius 1 is 0.750 bits per heavy atom. The second-order valence-electron chi connectivity index (χ2n) is 9.27. The molecule has 0 nitrogen and oxygen atoms in total. The summed E-state index contributed by atoms with van der Waals surface area (Å²) in [5.74, 6) is 0.586. The van der Waals surface area contributed by atoms with Crippen LogP contribution in [0.15, 0.2) is 72.3 Å². The van der Waals surface area contributed by atoms with Crippen molar-refractivity contribution in [1.82, 2.24) is 0 Å². The van der Waals surface area contributed by atoms with Gasteiger partial charge in [-0.1, -0.05) is 113 Å². The van der Waals surface area contributed by atoms with Crippen LogP contribution in [0.1, 0.15) is 51.3 Å². The summed E-state index contributed by atoms with van der Waals surface area (Å²) in [5.41, 5.74) is 11.3. The predicted molar refractivity (Wildman–Crippen MR) is 123 cm³/mol. The molecule has 1 aliphatic rings. The first-order chi connectivity index (χ1) is 13.4. The van der Waals surface area contributed by atoms with Crippen molar-refractivity contribution in [3.05, 3.63) is 89.0 Å². The molecule has 3 aromatic rings. The SMILES string of the molecule is CC(C)C1=Cc2c(ccc(C(C)(C)C)c2-c2ccccc2-c2ccccc2)C1. The molecule has 0 N–H and O–H groups in total. The van der Waals surface area contributed by atoms with Crippen LogP contribution >= 0.6 is 0 Å². The largest absolute Gasteiger partial charge is 0.0626 e. The van der Waals surface area contributed by atoms with Gasteiger partial charge in [0.05, 0.1) is 0 Å². The van der Waals surface area contributed by atoms with Crippen molar-refractivity contribution in [1.29, 1.82) is 0 Å². The van der Waals surface area contributed by atoms with E-state index in [4.69, 9.17) is 0 Å². The van der Waals surface area contributed by atoms with Crippen molar-refractivity contribution >= 4 is 6.08 Å². The van der Waals surface area contributed by atoms with E-state index in [2.05, 4.69) is 107 Å². The summed E-state index contributed by atoms with van der Waals surface area (Å²) < 4.78 is 0. The van der Waals surface area contributed by atoms with Gasteiger partial charge in [0, 0.05) is 0 Å². The highest BCUT2D eigenvalue weighted by Crippen LogP contribution is 2.45. The smallest absolute Gasteiger partial charge is 0.00550 e. The molecule has 0 unspecified atom stereocenters. The van der Waals surface area contributed by atoms with E-state index in [1.54, 1.807) is 5.57 Å². The molecule has 28 heavy (non-hydrogen) atoms. The summed E-state index contributed by atoms with van der Waals surface area (Å²) in [5, 5.41) is 0. The van der Waals surface area contributed by atoms with E-state index in [9.17, 15) is 0 Å². The van der Waals surface area contributed by atoms with Crippen LogP contribution in [0.2, 0.25) is 0 Å². The summed E-state index contributed by atoms with van der Waals surface area (Å²) in [4.78, 5) is 0. The third kappa shape index (κ3) is 3.33. The van der Waals surface area contributed by atoms with Crippen molar-refractivity contribution < 1.29 is 0 Å². The van der Waals surface area contributed by atoms with Gasteiger partial charge in [-0.05, 0) is 56.7 Å². The van der Waals surface area contributed by atoms with E-state index in [-0.39, 0.29) is 5.41 Å². The van der Waals surface area contributed by atoms with Gasteiger partial charge in [0.25, 0.3) is 0 Å². The van der Waals surface area contributed by atoms with E-state index in [1.165, 1.54) is 38.9 Å². The molecule has 0 heteroatoms. The van der Waals surface area contributed by atoms with Gasteiger partial charge < -0.3 is 0 Å². The number of hydrogen-bond acceptors (Lipinski definition) is 0. The summed E-state index contributed by atoms with van der Waals surface area (Å²) >= 11 is 0. The quantitative estimate of drug-likeness (QED) is 0.442. The Balaban J connectivity index is 2.03. The standard InChI is InChI=1S/C28H30/c1-19(2)22-17-21-15-16-26(28(3,4)5)27(25(21)18-22)24-14-10-9-13-23(24)20-11-7-6-8-12-20/h6-16,18-19H,17H2,1-5H3. The van der Waals surface area contributed by atoms with Gasteiger partial charge in [-0.2, -0.15) is 0 Å². The van der Waals surface area contributed by atoms with Crippen LogP contribution in [-0.4, -0.2) is 0 Å². The molecule has 0 radical (unpaired) electrons. The predicted octanol–water partition coefficient (Wildman–Crippen LogP) is 7.91. The lowest BCUT2D eigenvalue weighted by Gasteiger charge is -2.26. The first-order valence-corrected chi connectivity index (χ1v) is 10.4. The Morgan fingerprint density at radius 2 is 1.39 bits per heavy atom. The molecule has 0 fully saturated rings. The van der Waals surface area contributed by atoms with E-state index in [1.807, 2.05) is 0 Å². The Kier molecular flexibility index (Phi) is 4.75. The van der Waals surface area contributed by atoms with Crippen molar-refractivity contribution in [2.75, 3.05) is 0 Å². The second kappa shape index (κ2) is 7.09. The van der Waals surface area contributed by atoms with Crippen LogP contribution < -0.4 is 0 Å². The fourth-order valence-electron chi connectivity index (χ4n) is 4.29. The maximum atomic E-state index is 2.46. The fourth-order valence-corrected chi connectivity index (χ4v) is 4.29. The number of benzene rings is 3. The lowest BCUT2D eigenvalue weighted by molar-refractivity contribution is 0.591. The van der Waals surface area contributed by atoms with Crippen LogP contribution in [0.3, 0.4) is 0 Å². The molecular weight excluding hydrogens is 336 g/mol. The zero-order valence-electron chi connectivity index (χ0n) is 17.7. The topological polar surface area (TPSA) is 0 Å². The molecule has 0 amide bonds. The summed E-state index contributed by atoms with van der Waals surface area (Å²) in [6.45, 7) is 11.6. The van der Waals surface area contributed by atoms with Crippen LogP contribution in [0.25, 0.3) is 28.3 Å². The first kappa shape index (κ1) is 18.7. The van der Waals surface area contributed by atoms with Gasteiger partial charge in [-0.25, -0.2) is 0 Å². The van der Waals surface area contributed by atoms with Crippen LogP contribution in [0.5, 0.6) is 0 Å². The van der Waals surface area contributed by atoms with Crippen LogP contribution in [0, 0.1) is 5.92 Å². The van der Waals surface area contributed by atoms with Gasteiger partial charge in [-0.15, -0.1) is 0 Å². The number of allylic oxidation sites excluding steroid dienone is 1.